The van der Waals surface area contributed by atoms with E-state index in [0.29, 0.717) is 0 Å². The molecule has 0 rings (SSSR count). The Morgan fingerprint density at radius 2 is 1.00 bits per heavy atom. The van der Waals surface area contributed by atoms with Crippen LogP contribution in [0.25, 0.3) is 0 Å². The number of hydrogen-bond acceptors (Lipinski definition) is 0. The van der Waals surface area contributed by atoms with Crippen LogP contribution in [0.2, 0.25) is 0 Å². The van der Waals surface area contributed by atoms with Gasteiger partial charge < -0.3 is 18.7 Å². The fourth-order valence-electron chi connectivity index (χ4n) is 0. The first-order chi connectivity index (χ1) is 2.00. The molecule has 0 atom stereocenters. The van der Waals surface area contributed by atoms with Crippen molar-refractivity contribution in [1.82, 2.24) is 0 Å². The largest absolute Gasteiger partial charge is 1.00 e. The average molecular weight is 118 g/mol. The van der Waals surface area contributed by atoms with Crippen LogP contribution in [0.3, 0.4) is 0 Å². The summed E-state index contributed by atoms with van der Waals surface area (Å²) in [6.45, 7) is 0. The van der Waals surface area contributed by atoms with Gasteiger partial charge in [-0.25, -0.2) is 0 Å². The average Bonchev–Trinajstić information content (AvgIpc) is 0.722. The molecule has 7 heteroatoms. The monoisotopic (exact) mass is 118 g/mol. The molecule has 0 fully saturated rings. The number of hydrogen-bond donors (Lipinski definition) is 0. The van der Waals surface area contributed by atoms with Crippen LogP contribution in [-0.2, 0) is 0 Å². The molecule has 0 nitrogen and oxygen atoms in total. The molecule has 0 saturated heterocycles. The fourth-order valence-corrected chi connectivity index (χ4v) is 0. The maximum atomic E-state index is 9.75. The summed E-state index contributed by atoms with van der Waals surface area (Å²) in [4.78, 5) is 0. The zero-order valence-electron chi connectivity index (χ0n) is 5.09. The van der Waals surface area contributed by atoms with Crippen LogP contribution in [-0.4, -0.2) is 7.25 Å². The van der Waals surface area contributed by atoms with Crippen LogP contribution in [0.5, 0.6) is 0 Å². The van der Waals surface area contributed by atoms with Gasteiger partial charge in [-0.15, -0.1) is 0 Å². The molecular weight excluding hydrogens is 117 g/mol. The first kappa shape index (κ1) is 15.8. The quantitative estimate of drug-likeness (QED) is 0.222. The van der Waals surface area contributed by atoms with Gasteiger partial charge in [0.25, 0.3) is 0 Å². The van der Waals surface area contributed by atoms with E-state index in [1.54, 1.807) is 0 Å². The van der Waals surface area contributed by atoms with E-state index in [1.807, 2.05) is 0 Å². The van der Waals surface area contributed by atoms with Crippen LogP contribution in [0, 0.1) is 0 Å². The Kier molecular flexibility index (Phi) is 12.4. The molecule has 0 aliphatic rings. The summed E-state index contributed by atoms with van der Waals surface area (Å²) in [6, 6.07) is 0. The third-order valence-electron chi connectivity index (χ3n) is 0. The van der Waals surface area contributed by atoms with E-state index in [4.69, 9.17) is 0 Å². The summed E-state index contributed by atoms with van der Waals surface area (Å²) in [5.41, 5.74) is 0. The van der Waals surface area contributed by atoms with Gasteiger partial charge in [-0.2, -0.15) is 0 Å². The summed E-state index contributed by atoms with van der Waals surface area (Å²) in [5.74, 6) is 0. The van der Waals surface area contributed by atoms with Gasteiger partial charge in [-0.3, -0.25) is 0 Å². The van der Waals surface area contributed by atoms with Crippen molar-refractivity contribution in [2.75, 3.05) is 0 Å². The molecule has 0 heterocycles. The molecule has 0 N–H and O–H groups in total. The van der Waals surface area contributed by atoms with E-state index in [-0.39, 0.29) is 49.8 Å². The predicted molar refractivity (Wildman–Crippen MR) is 11.3 cm³/mol. The fraction of sp³-hybridized carbons (Fsp3) is 0. The van der Waals surface area contributed by atoms with E-state index < -0.39 is 7.25 Å². The van der Waals surface area contributed by atoms with Crippen molar-refractivity contribution in [3.05, 3.63) is 0 Å². The minimum absolute atomic E-state index is 0. The Hall–Kier alpha value is 1.38. The number of rotatable bonds is 0. The van der Waals surface area contributed by atoms with Crippen LogP contribution >= 0.6 is 0 Å². The number of halogens is 4. The van der Waals surface area contributed by atoms with Gasteiger partial charge >= 0.3 is 55.7 Å². The van der Waals surface area contributed by atoms with Crippen molar-refractivity contribution < 1.29 is 67.1 Å². The van der Waals surface area contributed by atoms with Gasteiger partial charge in [0, 0.05) is 0 Å². The van der Waals surface area contributed by atoms with E-state index in [2.05, 4.69) is 0 Å². The van der Waals surface area contributed by atoms with Crippen LogP contribution in [0.1, 0.15) is 1.43 Å². The molecule has 0 bridgehead atoms. The first-order valence-corrected chi connectivity index (χ1v) is 0.873. The van der Waals surface area contributed by atoms with E-state index in [0.717, 1.165) is 0 Å². The predicted octanol–water partition coefficient (Wildman–Crippen LogP) is -4.58. The molecule has 0 aromatic rings. The van der Waals surface area contributed by atoms with Gasteiger partial charge in [0.1, 0.15) is 0 Å². The molecule has 0 aliphatic carbocycles. The standard InChI is InChI=1S/BF4.Li.Na.H/c2-1(3,4)5;;;/q-1;2*+1;-1. The van der Waals surface area contributed by atoms with Crippen molar-refractivity contribution in [3.63, 3.8) is 0 Å². The van der Waals surface area contributed by atoms with Gasteiger partial charge in [0.2, 0.25) is 0 Å². The smallest absolute Gasteiger partial charge is 1.00 e. The first-order valence-electron chi connectivity index (χ1n) is 0.873. The second-order valence-electron chi connectivity index (χ2n) is 0.495. The molecule has 0 aromatic carbocycles. The van der Waals surface area contributed by atoms with E-state index in [1.165, 1.54) is 0 Å². The van der Waals surface area contributed by atoms with Crippen molar-refractivity contribution in [3.8, 4) is 0 Å². The molecule has 0 aromatic heterocycles. The van der Waals surface area contributed by atoms with E-state index >= 15 is 0 Å². The molecule has 34 valence electrons. The summed E-state index contributed by atoms with van der Waals surface area (Å²) < 4.78 is 39.0. The molecule has 0 aliphatic heterocycles. The Morgan fingerprint density at radius 1 is 1.00 bits per heavy atom. The molecule has 0 saturated carbocycles. The topological polar surface area (TPSA) is 0 Å². The summed E-state index contributed by atoms with van der Waals surface area (Å²) in [7, 11) is -6.00. The zero-order valence-corrected chi connectivity index (χ0v) is 6.09. The summed E-state index contributed by atoms with van der Waals surface area (Å²) >= 11 is 0. The van der Waals surface area contributed by atoms with Crippen LogP contribution in [0.4, 0.5) is 17.3 Å². The molecule has 0 radical (unpaired) electrons. The third-order valence-corrected chi connectivity index (χ3v) is 0. The molecule has 7 heavy (non-hydrogen) atoms. The van der Waals surface area contributed by atoms with Crippen LogP contribution < -0.4 is 48.4 Å². The molecular formula is HBF4LiNa. The zero-order chi connectivity index (χ0) is 4.50. The Bertz CT molecular complexity index is 31.5. The van der Waals surface area contributed by atoms with Gasteiger partial charge in [0.05, 0.1) is 0 Å². The van der Waals surface area contributed by atoms with E-state index in [9.17, 15) is 17.3 Å². The molecule has 0 amide bonds. The maximum Gasteiger partial charge on any atom is 1.00 e. The SMILES string of the molecule is F[B-](F)(F)F.[H-].[Li+].[Na+]. The van der Waals surface area contributed by atoms with Gasteiger partial charge in [-0.05, 0) is 0 Å². The second kappa shape index (κ2) is 5.52. The Labute approximate surface area is 74.1 Å². The van der Waals surface area contributed by atoms with Crippen molar-refractivity contribution >= 4 is 7.25 Å². The van der Waals surface area contributed by atoms with Crippen LogP contribution in [0.15, 0.2) is 0 Å². The Balaban J connectivity index is -0.0000000267. The summed E-state index contributed by atoms with van der Waals surface area (Å²) in [6.07, 6.45) is 0. The van der Waals surface area contributed by atoms with Crippen molar-refractivity contribution in [1.29, 1.82) is 0 Å². The van der Waals surface area contributed by atoms with Crippen molar-refractivity contribution in [2.45, 2.75) is 0 Å². The normalized spacial score (nSPS) is 8.57. The molecule has 0 spiro atoms. The molecule has 0 unspecified atom stereocenters. The second-order valence-corrected chi connectivity index (χ2v) is 0.495. The Morgan fingerprint density at radius 3 is 1.00 bits per heavy atom. The van der Waals surface area contributed by atoms with Gasteiger partial charge in [-0.1, -0.05) is 0 Å². The maximum absolute atomic E-state index is 9.75. The summed E-state index contributed by atoms with van der Waals surface area (Å²) in [5, 5.41) is 0. The van der Waals surface area contributed by atoms with Crippen molar-refractivity contribution in [2.24, 2.45) is 0 Å². The minimum atomic E-state index is -6.00. The minimum Gasteiger partial charge on any atom is -1.00 e. The van der Waals surface area contributed by atoms with Gasteiger partial charge in [0.15, 0.2) is 0 Å². The third kappa shape index (κ3) is 112.